The van der Waals surface area contributed by atoms with Gasteiger partial charge in [0.2, 0.25) is 0 Å². The van der Waals surface area contributed by atoms with Gasteiger partial charge in [-0.05, 0) is 62.7 Å². The second-order valence-electron chi connectivity index (χ2n) is 6.46. The van der Waals surface area contributed by atoms with Crippen LogP contribution in [0.2, 0.25) is 0 Å². The van der Waals surface area contributed by atoms with E-state index in [9.17, 15) is 15.0 Å². The smallest absolute Gasteiger partial charge is 0.344 e. The summed E-state index contributed by atoms with van der Waals surface area (Å²) in [4.78, 5) is 17.4. The van der Waals surface area contributed by atoms with Crippen LogP contribution in [-0.2, 0) is 9.53 Å². The lowest BCUT2D eigenvalue weighted by molar-refractivity contribution is -0.138. The van der Waals surface area contributed by atoms with Gasteiger partial charge in [0, 0.05) is 5.56 Å². The van der Waals surface area contributed by atoms with Gasteiger partial charge in [0.1, 0.15) is 27.9 Å². The van der Waals surface area contributed by atoms with Gasteiger partial charge in [0.05, 0.1) is 23.8 Å². The minimum atomic E-state index is -0.649. The van der Waals surface area contributed by atoms with E-state index >= 15 is 0 Å². The van der Waals surface area contributed by atoms with Crippen molar-refractivity contribution in [2.75, 3.05) is 13.2 Å². The number of hydrogen-bond donors (Lipinski definition) is 2. The topological polar surface area (TPSA) is 88.4 Å². The number of aliphatic hydroxyl groups is 1. The summed E-state index contributed by atoms with van der Waals surface area (Å²) in [7, 11) is 0. The fourth-order valence-electron chi connectivity index (χ4n) is 2.81. The lowest BCUT2D eigenvalue weighted by atomic mass is 10.1. The normalized spacial score (nSPS) is 16.4. The molecule has 7 heteroatoms. The van der Waals surface area contributed by atoms with Gasteiger partial charge in [-0.3, -0.25) is 0 Å². The monoisotopic (exact) mass is 425 g/mol. The van der Waals surface area contributed by atoms with Crippen LogP contribution in [0, 0.1) is 6.92 Å². The van der Waals surface area contributed by atoms with Gasteiger partial charge in [-0.25, -0.2) is 9.79 Å². The van der Waals surface area contributed by atoms with E-state index in [-0.39, 0.29) is 23.7 Å². The number of hydrogen-bond acceptors (Lipinski definition) is 7. The number of carbonyl (C=O) groups is 1. The van der Waals surface area contributed by atoms with Gasteiger partial charge < -0.3 is 19.7 Å². The molecule has 0 unspecified atom stereocenters. The average Bonchev–Trinajstić information content (AvgIpc) is 3.01. The lowest BCUT2D eigenvalue weighted by Gasteiger charge is -2.05. The van der Waals surface area contributed by atoms with Crippen molar-refractivity contribution in [2.24, 2.45) is 4.99 Å². The molecule has 3 rings (SSSR count). The van der Waals surface area contributed by atoms with E-state index in [1.807, 2.05) is 19.9 Å². The summed E-state index contributed by atoms with van der Waals surface area (Å²) >= 11 is 1.14. The highest BCUT2D eigenvalue weighted by atomic mass is 32.2. The quantitative estimate of drug-likeness (QED) is 0.611. The molecule has 156 valence electrons. The Morgan fingerprint density at radius 1 is 1.10 bits per heavy atom. The van der Waals surface area contributed by atoms with Crippen molar-refractivity contribution < 1.29 is 24.5 Å². The lowest BCUT2D eigenvalue weighted by Crippen LogP contribution is -2.12. The van der Waals surface area contributed by atoms with E-state index in [1.54, 1.807) is 49.4 Å². The van der Waals surface area contributed by atoms with Gasteiger partial charge in [0.25, 0.3) is 0 Å². The summed E-state index contributed by atoms with van der Waals surface area (Å²) < 4.78 is 10.5. The first-order chi connectivity index (χ1) is 14.4. The molecule has 2 aromatic carbocycles. The number of ether oxygens (including phenoxy) is 2. The molecular weight excluding hydrogens is 402 g/mol. The first-order valence-corrected chi connectivity index (χ1v) is 10.4. The molecule has 0 saturated carbocycles. The third kappa shape index (κ3) is 4.86. The number of carbonyl (C=O) groups excluding carboxylic acids is 1. The van der Waals surface area contributed by atoms with Crippen molar-refractivity contribution >= 4 is 34.5 Å². The van der Waals surface area contributed by atoms with Gasteiger partial charge in [0.15, 0.2) is 0 Å². The first-order valence-electron chi connectivity index (χ1n) is 9.54. The van der Waals surface area contributed by atoms with Gasteiger partial charge in [-0.2, -0.15) is 0 Å². The first kappa shape index (κ1) is 21.5. The zero-order valence-electron chi connectivity index (χ0n) is 17.0. The van der Waals surface area contributed by atoms with E-state index in [4.69, 9.17) is 9.47 Å². The Balaban J connectivity index is 2.00. The molecule has 1 aliphatic rings. The van der Waals surface area contributed by atoms with Crippen molar-refractivity contribution in [3.63, 3.8) is 0 Å². The van der Waals surface area contributed by atoms with Crippen molar-refractivity contribution in [3.8, 4) is 11.5 Å². The van der Waals surface area contributed by atoms with Crippen LogP contribution >= 0.6 is 11.8 Å². The summed E-state index contributed by atoms with van der Waals surface area (Å²) in [5.41, 5.74) is 2.06. The highest BCUT2D eigenvalue weighted by molar-refractivity contribution is 8.18. The van der Waals surface area contributed by atoms with Gasteiger partial charge in [-0.15, -0.1) is 0 Å². The van der Waals surface area contributed by atoms with Crippen LogP contribution in [0.1, 0.15) is 25.0 Å². The van der Waals surface area contributed by atoms with Crippen LogP contribution in [0.15, 0.2) is 63.7 Å². The number of aliphatic hydroxyl groups excluding tert-OH is 1. The minimum Gasteiger partial charge on any atom is -0.507 e. The molecule has 0 fully saturated rings. The van der Waals surface area contributed by atoms with Crippen molar-refractivity contribution in [1.82, 2.24) is 0 Å². The molecule has 6 nitrogen and oxygen atoms in total. The number of phenols is 1. The molecule has 1 aliphatic heterocycles. The predicted molar refractivity (Wildman–Crippen MR) is 119 cm³/mol. The standard InChI is InChI=1S/C23H23NO5S/c1-4-28-17-10-8-16(9-11-17)24-22-20(23(27)29-5-2)21(26)19(30-22)13-15-7-6-14(3)12-18(15)25/h6-13,25-26H,4-5H2,1-3H3. The van der Waals surface area contributed by atoms with Crippen molar-refractivity contribution in [3.05, 3.63) is 69.8 Å². The van der Waals surface area contributed by atoms with Crippen LogP contribution < -0.4 is 4.74 Å². The molecule has 0 spiro atoms. The molecular formula is C23H23NO5S. The summed E-state index contributed by atoms with van der Waals surface area (Å²) in [6.07, 6.45) is 1.62. The second kappa shape index (κ2) is 9.54. The van der Waals surface area contributed by atoms with Crippen LogP contribution in [0.4, 0.5) is 5.69 Å². The fourth-order valence-corrected chi connectivity index (χ4v) is 3.84. The molecule has 2 N–H and O–H groups in total. The van der Waals surface area contributed by atoms with Crippen LogP contribution in [0.25, 0.3) is 6.08 Å². The number of thioether (sulfide) groups is 1. The SMILES string of the molecule is CCOC(=O)C1=C(O)C(=Cc2ccc(C)cc2O)SC1=Nc1ccc(OCC)cc1. The fraction of sp³-hybridized carbons (Fsp3) is 0.217. The van der Waals surface area contributed by atoms with E-state index in [0.29, 0.717) is 27.8 Å². The van der Waals surface area contributed by atoms with Crippen molar-refractivity contribution in [2.45, 2.75) is 20.8 Å². The Morgan fingerprint density at radius 3 is 2.47 bits per heavy atom. The zero-order valence-corrected chi connectivity index (χ0v) is 17.8. The molecule has 0 atom stereocenters. The average molecular weight is 426 g/mol. The van der Waals surface area contributed by atoms with Crippen LogP contribution in [-0.4, -0.2) is 34.4 Å². The minimum absolute atomic E-state index is 0.00795. The molecule has 30 heavy (non-hydrogen) atoms. The third-order valence-corrected chi connectivity index (χ3v) is 5.24. The summed E-state index contributed by atoms with van der Waals surface area (Å²) in [6, 6.07) is 12.4. The maximum Gasteiger partial charge on any atom is 0.344 e. The largest absolute Gasteiger partial charge is 0.507 e. The Labute approximate surface area is 179 Å². The maximum atomic E-state index is 12.5. The molecule has 0 aromatic heterocycles. The molecule has 0 bridgehead atoms. The number of nitrogens with zero attached hydrogens (tertiary/aromatic N) is 1. The zero-order chi connectivity index (χ0) is 21.7. The molecule has 0 radical (unpaired) electrons. The summed E-state index contributed by atoms with van der Waals surface area (Å²) in [5, 5.41) is 21.2. The third-order valence-electron chi connectivity index (χ3n) is 4.22. The highest BCUT2D eigenvalue weighted by Gasteiger charge is 2.33. The Bertz CT molecular complexity index is 1040. The van der Waals surface area contributed by atoms with Gasteiger partial charge in [-0.1, -0.05) is 23.9 Å². The summed E-state index contributed by atoms with van der Waals surface area (Å²) in [6.45, 7) is 6.21. The Morgan fingerprint density at radius 2 is 1.83 bits per heavy atom. The second-order valence-corrected chi connectivity index (χ2v) is 7.49. The molecule has 0 aliphatic carbocycles. The number of aromatic hydroxyl groups is 1. The molecule has 0 saturated heterocycles. The number of rotatable bonds is 6. The van der Waals surface area contributed by atoms with Crippen LogP contribution in [0.3, 0.4) is 0 Å². The molecule has 2 aromatic rings. The van der Waals surface area contributed by atoms with Gasteiger partial charge >= 0.3 is 5.97 Å². The number of esters is 1. The predicted octanol–water partition coefficient (Wildman–Crippen LogP) is 5.29. The van der Waals surface area contributed by atoms with E-state index in [0.717, 1.165) is 23.1 Å². The van der Waals surface area contributed by atoms with Crippen LogP contribution in [0.5, 0.6) is 11.5 Å². The van der Waals surface area contributed by atoms with E-state index in [2.05, 4.69) is 4.99 Å². The summed E-state index contributed by atoms with van der Waals surface area (Å²) in [5.74, 6) is -0.0581. The Hall–Kier alpha value is -3.19. The number of benzene rings is 2. The Kier molecular flexibility index (Phi) is 6.84. The molecule has 0 amide bonds. The number of phenolic OH excluding ortho intramolecular Hbond substituents is 1. The number of aliphatic imine (C=N–C) groups is 1. The van der Waals surface area contributed by atoms with Crippen molar-refractivity contribution in [1.29, 1.82) is 0 Å². The highest BCUT2D eigenvalue weighted by Crippen LogP contribution is 2.41. The maximum absolute atomic E-state index is 12.5. The molecule has 1 heterocycles. The van der Waals surface area contributed by atoms with E-state index in [1.165, 1.54) is 0 Å². The van der Waals surface area contributed by atoms with E-state index < -0.39 is 5.97 Å². The number of aryl methyl sites for hydroxylation is 1.